The molecule has 0 atom stereocenters. The van der Waals surface area contributed by atoms with Gasteiger partial charge in [-0.15, -0.1) is 0 Å². The van der Waals surface area contributed by atoms with Crippen molar-refractivity contribution in [1.29, 1.82) is 0 Å². The molecule has 0 aliphatic carbocycles. The topological polar surface area (TPSA) is 84.1 Å². The van der Waals surface area contributed by atoms with E-state index in [-0.39, 0.29) is 23.7 Å². The predicted octanol–water partition coefficient (Wildman–Crippen LogP) is 1.40. The van der Waals surface area contributed by atoms with Crippen molar-refractivity contribution in [3.63, 3.8) is 0 Å². The number of carbonyl (C=O) groups is 1. The van der Waals surface area contributed by atoms with Crippen LogP contribution >= 0.6 is 0 Å². The Labute approximate surface area is 115 Å². The van der Waals surface area contributed by atoms with Crippen LogP contribution in [0.15, 0.2) is 35.4 Å². The first-order valence-electron chi connectivity index (χ1n) is 6.10. The molecule has 6 heteroatoms. The summed E-state index contributed by atoms with van der Waals surface area (Å²) in [6.45, 7) is 3.36. The number of pyridine rings is 2. The first kappa shape index (κ1) is 13.8. The van der Waals surface area contributed by atoms with Gasteiger partial charge in [0.05, 0.1) is 5.69 Å². The van der Waals surface area contributed by atoms with E-state index in [0.29, 0.717) is 11.5 Å². The second kappa shape index (κ2) is 6.01. The Morgan fingerprint density at radius 3 is 2.90 bits per heavy atom. The SMILES string of the molecule is Cc1ccnc(NC(=O)COc2c(C)[nH]ccc2=O)c1. The van der Waals surface area contributed by atoms with E-state index in [0.717, 1.165) is 5.56 Å². The fraction of sp³-hybridized carbons (Fsp3) is 0.214. The molecule has 0 saturated heterocycles. The Hall–Kier alpha value is -2.63. The zero-order valence-corrected chi connectivity index (χ0v) is 11.3. The molecule has 20 heavy (non-hydrogen) atoms. The summed E-state index contributed by atoms with van der Waals surface area (Å²) in [6.07, 6.45) is 3.14. The highest BCUT2D eigenvalue weighted by atomic mass is 16.5. The fourth-order valence-electron chi connectivity index (χ4n) is 1.67. The highest BCUT2D eigenvalue weighted by Gasteiger charge is 2.08. The molecule has 104 valence electrons. The first-order chi connectivity index (χ1) is 9.56. The minimum Gasteiger partial charge on any atom is -0.478 e. The van der Waals surface area contributed by atoms with Crippen LogP contribution < -0.4 is 15.5 Å². The third kappa shape index (κ3) is 3.44. The van der Waals surface area contributed by atoms with Gasteiger partial charge in [-0.1, -0.05) is 0 Å². The lowest BCUT2D eigenvalue weighted by Gasteiger charge is -2.08. The molecule has 2 aromatic rings. The number of nitrogens with zero attached hydrogens (tertiary/aromatic N) is 1. The second-order valence-electron chi connectivity index (χ2n) is 4.35. The summed E-state index contributed by atoms with van der Waals surface area (Å²) >= 11 is 0. The Morgan fingerprint density at radius 2 is 2.20 bits per heavy atom. The number of carbonyl (C=O) groups excluding carboxylic acids is 1. The number of hydrogen-bond donors (Lipinski definition) is 2. The molecule has 0 fully saturated rings. The van der Waals surface area contributed by atoms with Crippen molar-refractivity contribution >= 4 is 11.7 Å². The third-order valence-electron chi connectivity index (χ3n) is 2.63. The molecule has 6 nitrogen and oxygen atoms in total. The maximum Gasteiger partial charge on any atom is 0.263 e. The number of aromatic nitrogens is 2. The average Bonchev–Trinajstić information content (AvgIpc) is 2.38. The number of amides is 1. The molecule has 2 heterocycles. The molecular formula is C14H15N3O3. The molecule has 0 radical (unpaired) electrons. The highest BCUT2D eigenvalue weighted by molar-refractivity contribution is 5.91. The number of rotatable bonds is 4. The van der Waals surface area contributed by atoms with Gasteiger partial charge >= 0.3 is 0 Å². The van der Waals surface area contributed by atoms with Crippen molar-refractivity contribution in [2.45, 2.75) is 13.8 Å². The van der Waals surface area contributed by atoms with Crippen LogP contribution in [0.4, 0.5) is 5.82 Å². The van der Waals surface area contributed by atoms with Gasteiger partial charge in [-0.3, -0.25) is 9.59 Å². The molecule has 2 N–H and O–H groups in total. The normalized spacial score (nSPS) is 10.1. The zero-order chi connectivity index (χ0) is 14.5. The molecule has 1 amide bonds. The summed E-state index contributed by atoms with van der Waals surface area (Å²) in [5.74, 6) is 0.239. The maximum absolute atomic E-state index is 11.7. The molecule has 0 aliphatic rings. The largest absolute Gasteiger partial charge is 0.478 e. The average molecular weight is 273 g/mol. The van der Waals surface area contributed by atoms with E-state index in [1.807, 2.05) is 13.0 Å². The van der Waals surface area contributed by atoms with Crippen LogP contribution in [0.3, 0.4) is 0 Å². The van der Waals surface area contributed by atoms with Crippen molar-refractivity contribution in [3.8, 4) is 5.75 Å². The van der Waals surface area contributed by atoms with Crippen LogP contribution in [0.25, 0.3) is 0 Å². The number of H-pyrrole nitrogens is 1. The number of nitrogens with one attached hydrogen (secondary N) is 2. The lowest BCUT2D eigenvalue weighted by atomic mass is 10.3. The maximum atomic E-state index is 11.7. The standard InChI is InChI=1S/C14H15N3O3/c1-9-3-5-16-12(7-9)17-13(19)8-20-14-10(2)15-6-4-11(14)18/h3-7H,8H2,1-2H3,(H,15,18)(H,16,17,19). The van der Waals surface area contributed by atoms with Crippen LogP contribution in [0.5, 0.6) is 5.75 Å². The molecular weight excluding hydrogens is 258 g/mol. The lowest BCUT2D eigenvalue weighted by molar-refractivity contribution is -0.118. The molecule has 0 spiro atoms. The Balaban J connectivity index is 1.98. The minimum absolute atomic E-state index is 0.153. The van der Waals surface area contributed by atoms with Crippen molar-refractivity contribution in [1.82, 2.24) is 9.97 Å². The second-order valence-corrected chi connectivity index (χ2v) is 4.35. The van der Waals surface area contributed by atoms with Crippen LogP contribution in [0, 0.1) is 13.8 Å². The summed E-state index contributed by atoms with van der Waals surface area (Å²) in [5.41, 5.74) is 1.31. The van der Waals surface area contributed by atoms with Crippen molar-refractivity contribution in [3.05, 3.63) is 52.1 Å². The van der Waals surface area contributed by atoms with Crippen LogP contribution in [-0.4, -0.2) is 22.5 Å². The molecule has 2 aromatic heterocycles. The molecule has 2 rings (SSSR count). The van der Waals surface area contributed by atoms with E-state index < -0.39 is 0 Å². The van der Waals surface area contributed by atoms with Gasteiger partial charge in [0.15, 0.2) is 12.4 Å². The first-order valence-corrected chi connectivity index (χ1v) is 6.10. The number of aryl methyl sites for hydroxylation is 2. The van der Waals surface area contributed by atoms with E-state index in [4.69, 9.17) is 4.74 Å². The van der Waals surface area contributed by atoms with Crippen molar-refractivity contribution in [2.75, 3.05) is 11.9 Å². The van der Waals surface area contributed by atoms with Gasteiger partial charge < -0.3 is 15.0 Å². The summed E-state index contributed by atoms with van der Waals surface area (Å²) in [7, 11) is 0. The Bertz CT molecular complexity index is 679. The summed E-state index contributed by atoms with van der Waals surface area (Å²) in [6, 6.07) is 4.93. The van der Waals surface area contributed by atoms with Gasteiger partial charge in [0.1, 0.15) is 5.82 Å². The molecule has 0 saturated carbocycles. The summed E-state index contributed by atoms with van der Waals surface area (Å²) in [4.78, 5) is 30.2. The van der Waals surface area contributed by atoms with Gasteiger partial charge in [-0.2, -0.15) is 0 Å². The van der Waals surface area contributed by atoms with E-state index in [1.54, 1.807) is 19.2 Å². The lowest BCUT2D eigenvalue weighted by Crippen LogP contribution is -2.23. The number of ether oxygens (including phenoxy) is 1. The van der Waals surface area contributed by atoms with E-state index in [2.05, 4.69) is 15.3 Å². The van der Waals surface area contributed by atoms with Gasteiger partial charge in [0.25, 0.3) is 5.91 Å². The fourth-order valence-corrected chi connectivity index (χ4v) is 1.67. The monoisotopic (exact) mass is 273 g/mol. The molecule has 0 bridgehead atoms. The van der Waals surface area contributed by atoms with Gasteiger partial charge in [0, 0.05) is 18.5 Å². The van der Waals surface area contributed by atoms with Crippen LogP contribution in [0.1, 0.15) is 11.3 Å². The Morgan fingerprint density at radius 1 is 1.40 bits per heavy atom. The van der Waals surface area contributed by atoms with E-state index in [1.165, 1.54) is 12.3 Å². The molecule has 0 aromatic carbocycles. The minimum atomic E-state index is -0.370. The quantitative estimate of drug-likeness (QED) is 0.882. The Kier molecular flexibility index (Phi) is 4.14. The summed E-state index contributed by atoms with van der Waals surface area (Å²) in [5, 5.41) is 2.60. The number of hydrogen-bond acceptors (Lipinski definition) is 4. The number of aromatic amines is 1. The van der Waals surface area contributed by atoms with Gasteiger partial charge in [0.2, 0.25) is 5.43 Å². The van der Waals surface area contributed by atoms with E-state index in [9.17, 15) is 9.59 Å². The molecule has 0 unspecified atom stereocenters. The predicted molar refractivity (Wildman–Crippen MR) is 74.9 cm³/mol. The molecule has 0 aliphatic heterocycles. The third-order valence-corrected chi connectivity index (χ3v) is 2.63. The van der Waals surface area contributed by atoms with Crippen LogP contribution in [0.2, 0.25) is 0 Å². The highest BCUT2D eigenvalue weighted by Crippen LogP contribution is 2.08. The van der Waals surface area contributed by atoms with E-state index >= 15 is 0 Å². The summed E-state index contributed by atoms with van der Waals surface area (Å²) < 4.78 is 5.25. The van der Waals surface area contributed by atoms with Gasteiger partial charge in [-0.05, 0) is 31.5 Å². The smallest absolute Gasteiger partial charge is 0.263 e. The van der Waals surface area contributed by atoms with Crippen LogP contribution in [-0.2, 0) is 4.79 Å². The van der Waals surface area contributed by atoms with Crippen molar-refractivity contribution < 1.29 is 9.53 Å². The van der Waals surface area contributed by atoms with Gasteiger partial charge in [-0.25, -0.2) is 4.98 Å². The van der Waals surface area contributed by atoms with Crippen molar-refractivity contribution in [2.24, 2.45) is 0 Å². The number of anilines is 1. The zero-order valence-electron chi connectivity index (χ0n) is 11.3.